The van der Waals surface area contributed by atoms with Crippen LogP contribution in [0.5, 0.6) is 0 Å². The summed E-state index contributed by atoms with van der Waals surface area (Å²) in [5.74, 6) is 0. The van der Waals surface area contributed by atoms with Gasteiger partial charge in [0.15, 0.2) is 0 Å². The molecule has 1 nitrogen and oxygen atoms in total. The van der Waals surface area contributed by atoms with E-state index in [0.29, 0.717) is 0 Å². The first-order valence-electron chi connectivity index (χ1n) is 11.4. The second-order valence-electron chi connectivity index (χ2n) is 9.03. The Hall–Kier alpha value is -3.46. The van der Waals surface area contributed by atoms with Crippen LogP contribution in [0.4, 0.5) is 0 Å². The third kappa shape index (κ3) is 2.23. The molecule has 6 aromatic rings. The van der Waals surface area contributed by atoms with E-state index in [1.165, 1.54) is 43.2 Å². The summed E-state index contributed by atoms with van der Waals surface area (Å²) >= 11 is 8.20. The van der Waals surface area contributed by atoms with Crippen molar-refractivity contribution in [2.75, 3.05) is 0 Å². The zero-order valence-corrected chi connectivity index (χ0v) is 19.6. The number of rotatable bonds is 0. The van der Waals surface area contributed by atoms with Gasteiger partial charge in [0.05, 0.1) is 5.41 Å². The average molecular weight is 473 g/mol. The van der Waals surface area contributed by atoms with E-state index >= 15 is 0 Å². The van der Waals surface area contributed by atoms with Crippen LogP contribution in [0, 0.1) is 0 Å². The van der Waals surface area contributed by atoms with Crippen molar-refractivity contribution < 1.29 is 4.42 Å². The zero-order chi connectivity index (χ0) is 22.4. The lowest BCUT2D eigenvalue weighted by molar-refractivity contribution is 0.662. The number of benzene rings is 5. The Balaban J connectivity index is 1.57. The van der Waals surface area contributed by atoms with Gasteiger partial charge in [-0.3, -0.25) is 0 Å². The molecule has 5 aromatic carbocycles. The maximum atomic E-state index is 6.37. The quantitative estimate of drug-likeness (QED) is 0.218. The van der Waals surface area contributed by atoms with Crippen molar-refractivity contribution in [2.45, 2.75) is 15.2 Å². The van der Waals surface area contributed by atoms with Gasteiger partial charge in [-0.2, -0.15) is 0 Å². The fourth-order valence-electron chi connectivity index (χ4n) is 6.10. The zero-order valence-electron chi connectivity index (χ0n) is 18.0. The van der Waals surface area contributed by atoms with Crippen LogP contribution >= 0.6 is 23.4 Å². The minimum absolute atomic E-state index is 0.380. The molecule has 1 aromatic heterocycles. The first-order chi connectivity index (χ1) is 16.7. The summed E-state index contributed by atoms with van der Waals surface area (Å²) in [6, 6.07) is 37.0. The number of hydrogen-bond donors (Lipinski definition) is 0. The van der Waals surface area contributed by atoms with Crippen LogP contribution in [0.1, 0.15) is 22.3 Å². The van der Waals surface area contributed by atoms with Gasteiger partial charge in [0.1, 0.15) is 11.2 Å². The predicted octanol–water partition coefficient (Wildman–Crippen LogP) is 9.07. The SMILES string of the molecule is Clc1ccc2oc3cc4c(cc3c2c1)Sc1ccccc1C41c2ccccc2-c2ccccc21. The lowest BCUT2D eigenvalue weighted by Crippen LogP contribution is -2.31. The molecule has 8 rings (SSSR count). The number of furan rings is 1. The molecule has 0 radical (unpaired) electrons. The Morgan fingerprint density at radius 3 is 1.97 bits per heavy atom. The first-order valence-corrected chi connectivity index (χ1v) is 12.6. The van der Waals surface area contributed by atoms with Crippen LogP contribution in [0.2, 0.25) is 5.02 Å². The first kappa shape index (κ1) is 18.9. The molecule has 0 saturated heterocycles. The van der Waals surface area contributed by atoms with E-state index < -0.39 is 0 Å². The second kappa shape index (κ2) is 6.56. The third-order valence-corrected chi connectivity index (χ3v) is 8.77. The smallest absolute Gasteiger partial charge is 0.135 e. The van der Waals surface area contributed by atoms with Gasteiger partial charge in [-0.1, -0.05) is 90.1 Å². The Kier molecular flexibility index (Phi) is 3.65. The lowest BCUT2D eigenvalue weighted by atomic mass is 9.67. The van der Waals surface area contributed by atoms with Gasteiger partial charge >= 0.3 is 0 Å². The number of fused-ring (bicyclic) bond motifs is 12. The topological polar surface area (TPSA) is 13.1 Å². The van der Waals surface area contributed by atoms with E-state index in [-0.39, 0.29) is 5.41 Å². The average Bonchev–Trinajstić information content (AvgIpc) is 3.37. The van der Waals surface area contributed by atoms with Crippen LogP contribution in [0.3, 0.4) is 0 Å². The minimum Gasteiger partial charge on any atom is -0.456 e. The summed E-state index contributed by atoms with van der Waals surface area (Å²) in [6.45, 7) is 0. The van der Waals surface area contributed by atoms with E-state index in [4.69, 9.17) is 16.0 Å². The van der Waals surface area contributed by atoms with Crippen molar-refractivity contribution in [1.29, 1.82) is 0 Å². The van der Waals surface area contributed by atoms with Crippen molar-refractivity contribution in [1.82, 2.24) is 0 Å². The summed E-state index contributed by atoms with van der Waals surface area (Å²) in [4.78, 5) is 2.56. The van der Waals surface area contributed by atoms with Gasteiger partial charge in [-0.25, -0.2) is 0 Å². The van der Waals surface area contributed by atoms with Crippen molar-refractivity contribution in [3.63, 3.8) is 0 Å². The molecule has 1 aliphatic carbocycles. The molecule has 1 spiro atoms. The molecule has 0 atom stereocenters. The molecule has 0 amide bonds. The van der Waals surface area contributed by atoms with Crippen LogP contribution in [-0.4, -0.2) is 0 Å². The predicted molar refractivity (Wildman–Crippen MR) is 140 cm³/mol. The Labute approximate surface area is 206 Å². The molecule has 0 fully saturated rings. The maximum Gasteiger partial charge on any atom is 0.135 e. The van der Waals surface area contributed by atoms with E-state index in [1.807, 2.05) is 30.0 Å². The highest BCUT2D eigenvalue weighted by Gasteiger charge is 2.50. The third-order valence-electron chi connectivity index (χ3n) is 7.40. The van der Waals surface area contributed by atoms with E-state index in [2.05, 4.69) is 84.9 Å². The molecule has 0 unspecified atom stereocenters. The van der Waals surface area contributed by atoms with Crippen molar-refractivity contribution >= 4 is 45.3 Å². The van der Waals surface area contributed by atoms with Crippen LogP contribution in [0.25, 0.3) is 33.1 Å². The summed E-state index contributed by atoms with van der Waals surface area (Å²) < 4.78 is 6.37. The molecular formula is C31H17ClOS. The van der Waals surface area contributed by atoms with Crippen LogP contribution in [-0.2, 0) is 5.41 Å². The Morgan fingerprint density at radius 2 is 1.21 bits per heavy atom. The van der Waals surface area contributed by atoms with Crippen LogP contribution in [0.15, 0.2) is 117 Å². The molecule has 2 aliphatic rings. The normalized spacial score (nSPS) is 14.7. The van der Waals surface area contributed by atoms with Gasteiger partial charge in [-0.15, -0.1) is 0 Å². The van der Waals surface area contributed by atoms with Gasteiger partial charge in [0, 0.05) is 25.6 Å². The molecular weight excluding hydrogens is 456 g/mol. The lowest BCUT2D eigenvalue weighted by Gasteiger charge is -2.39. The molecule has 2 heterocycles. The molecule has 34 heavy (non-hydrogen) atoms. The Morgan fingerprint density at radius 1 is 0.559 bits per heavy atom. The van der Waals surface area contributed by atoms with Crippen molar-refractivity contribution in [3.05, 3.63) is 130 Å². The minimum atomic E-state index is -0.380. The highest BCUT2D eigenvalue weighted by molar-refractivity contribution is 7.99. The molecule has 0 N–H and O–H groups in total. The fourth-order valence-corrected chi connectivity index (χ4v) is 7.48. The van der Waals surface area contributed by atoms with Crippen LogP contribution < -0.4 is 0 Å². The summed E-state index contributed by atoms with van der Waals surface area (Å²) in [6.07, 6.45) is 0. The summed E-state index contributed by atoms with van der Waals surface area (Å²) in [5.41, 5.74) is 9.30. The fraction of sp³-hybridized carbons (Fsp3) is 0.0323. The standard InChI is InChI=1S/C31H17ClOS/c32-18-13-14-27-21(15-18)22-16-30-26(17-28(22)33-27)31(25-11-5-6-12-29(25)34-30)23-9-3-1-7-19(23)20-8-2-4-10-24(20)31/h1-17H. The summed E-state index contributed by atoms with van der Waals surface area (Å²) in [7, 11) is 0. The molecule has 0 saturated carbocycles. The number of hydrogen-bond acceptors (Lipinski definition) is 2. The summed E-state index contributed by atoms with van der Waals surface area (Å²) in [5, 5.41) is 2.89. The molecule has 0 bridgehead atoms. The van der Waals surface area contributed by atoms with Gasteiger partial charge in [0.2, 0.25) is 0 Å². The Bertz CT molecular complexity index is 1770. The highest BCUT2D eigenvalue weighted by atomic mass is 35.5. The van der Waals surface area contributed by atoms with Gasteiger partial charge in [0.25, 0.3) is 0 Å². The van der Waals surface area contributed by atoms with E-state index in [9.17, 15) is 0 Å². The molecule has 1 aliphatic heterocycles. The van der Waals surface area contributed by atoms with E-state index in [1.54, 1.807) is 0 Å². The van der Waals surface area contributed by atoms with E-state index in [0.717, 1.165) is 27.0 Å². The largest absolute Gasteiger partial charge is 0.456 e. The molecule has 3 heteroatoms. The highest BCUT2D eigenvalue weighted by Crippen LogP contribution is 2.62. The monoisotopic (exact) mass is 472 g/mol. The van der Waals surface area contributed by atoms with Gasteiger partial charge in [-0.05, 0) is 69.8 Å². The van der Waals surface area contributed by atoms with Crippen molar-refractivity contribution in [3.8, 4) is 11.1 Å². The van der Waals surface area contributed by atoms with Crippen molar-refractivity contribution in [2.24, 2.45) is 0 Å². The van der Waals surface area contributed by atoms with Gasteiger partial charge < -0.3 is 4.42 Å². The number of halogens is 1. The second-order valence-corrected chi connectivity index (χ2v) is 10.5. The molecule has 160 valence electrons. The maximum absolute atomic E-state index is 6.37.